The van der Waals surface area contributed by atoms with Crippen LogP contribution in [0, 0.1) is 11.3 Å². The second-order valence-electron chi connectivity index (χ2n) is 3.63. The molecule has 0 aliphatic carbocycles. The molecule has 1 fully saturated rings. The molecule has 0 amide bonds. The number of aliphatic hydroxyl groups is 1. The molecular weight excluding hydrogens is 164 g/mol. The topological polar surface area (TPSA) is 47.3 Å². The highest BCUT2D eigenvalue weighted by Gasteiger charge is 2.20. The average Bonchev–Trinajstić information content (AvgIpc) is 2.19. The molecule has 0 radical (unpaired) electrons. The summed E-state index contributed by atoms with van der Waals surface area (Å²) in [7, 11) is 0. The van der Waals surface area contributed by atoms with Crippen molar-refractivity contribution in [3.05, 3.63) is 0 Å². The number of aliphatic hydroxyl groups excluding tert-OH is 1. The molecule has 0 aromatic rings. The molecule has 74 valence electrons. The zero-order chi connectivity index (χ0) is 9.52. The van der Waals surface area contributed by atoms with Gasteiger partial charge in [-0.05, 0) is 32.4 Å². The van der Waals surface area contributed by atoms with E-state index in [2.05, 4.69) is 11.0 Å². The van der Waals surface area contributed by atoms with Crippen molar-refractivity contribution in [3.63, 3.8) is 0 Å². The number of hydrogen-bond acceptors (Lipinski definition) is 3. The normalized spacial score (nSPS) is 24.2. The van der Waals surface area contributed by atoms with Gasteiger partial charge in [-0.15, -0.1) is 0 Å². The second-order valence-corrected chi connectivity index (χ2v) is 3.63. The molecule has 3 heteroatoms. The van der Waals surface area contributed by atoms with E-state index in [1.165, 1.54) is 12.8 Å². The summed E-state index contributed by atoms with van der Waals surface area (Å²) < 4.78 is 0. The Morgan fingerprint density at radius 2 is 2.31 bits per heavy atom. The van der Waals surface area contributed by atoms with Crippen LogP contribution in [0.4, 0.5) is 0 Å². The van der Waals surface area contributed by atoms with Gasteiger partial charge in [-0.3, -0.25) is 4.90 Å². The molecule has 1 N–H and O–H groups in total. The van der Waals surface area contributed by atoms with Gasteiger partial charge >= 0.3 is 0 Å². The van der Waals surface area contributed by atoms with Crippen LogP contribution in [0.15, 0.2) is 0 Å². The number of nitriles is 1. The van der Waals surface area contributed by atoms with Gasteiger partial charge in [-0.1, -0.05) is 6.42 Å². The highest BCUT2D eigenvalue weighted by atomic mass is 16.3. The van der Waals surface area contributed by atoms with Gasteiger partial charge in [0.15, 0.2) is 0 Å². The molecule has 13 heavy (non-hydrogen) atoms. The predicted octanol–water partition coefficient (Wildman–Crippen LogP) is 1.14. The van der Waals surface area contributed by atoms with Crippen molar-refractivity contribution >= 4 is 0 Å². The fraction of sp³-hybridized carbons (Fsp3) is 0.900. The SMILES string of the molecule is N#CCCCN1CCCC[C@H]1CO. The van der Waals surface area contributed by atoms with Crippen molar-refractivity contribution < 1.29 is 5.11 Å². The lowest BCUT2D eigenvalue weighted by molar-refractivity contribution is 0.0896. The first kappa shape index (κ1) is 10.5. The minimum Gasteiger partial charge on any atom is -0.395 e. The van der Waals surface area contributed by atoms with Crippen molar-refractivity contribution in [2.24, 2.45) is 0 Å². The lowest BCUT2D eigenvalue weighted by Crippen LogP contribution is -2.42. The number of likely N-dealkylation sites (tertiary alicyclic amines) is 1. The fourth-order valence-electron chi connectivity index (χ4n) is 1.92. The van der Waals surface area contributed by atoms with Gasteiger partial charge in [0.1, 0.15) is 0 Å². The van der Waals surface area contributed by atoms with Crippen molar-refractivity contribution in [2.45, 2.75) is 38.1 Å². The van der Waals surface area contributed by atoms with Crippen molar-refractivity contribution in [1.82, 2.24) is 4.90 Å². The van der Waals surface area contributed by atoms with Crippen molar-refractivity contribution in [2.75, 3.05) is 19.7 Å². The third kappa shape index (κ3) is 3.33. The lowest BCUT2D eigenvalue weighted by Gasteiger charge is -2.34. The van der Waals surface area contributed by atoms with E-state index in [-0.39, 0.29) is 6.61 Å². The zero-order valence-electron chi connectivity index (χ0n) is 8.08. The van der Waals surface area contributed by atoms with E-state index in [1.807, 2.05) is 0 Å². The number of piperidine rings is 1. The molecule has 1 rings (SSSR count). The zero-order valence-corrected chi connectivity index (χ0v) is 8.08. The third-order valence-electron chi connectivity index (χ3n) is 2.69. The van der Waals surface area contributed by atoms with Gasteiger partial charge < -0.3 is 5.11 Å². The Kier molecular flexibility index (Phi) is 4.81. The Hall–Kier alpha value is -0.590. The van der Waals surface area contributed by atoms with Crippen LogP contribution in [-0.4, -0.2) is 35.7 Å². The standard InChI is InChI=1S/C10H18N2O/c11-6-2-4-8-12-7-3-1-5-10(12)9-13/h10,13H,1-5,7-9H2/t10-/m0/s1. The van der Waals surface area contributed by atoms with Gasteiger partial charge in [0.05, 0.1) is 12.7 Å². The Bertz CT molecular complexity index is 176. The van der Waals surface area contributed by atoms with Crippen LogP contribution in [0.2, 0.25) is 0 Å². The summed E-state index contributed by atoms with van der Waals surface area (Å²) in [6.07, 6.45) is 5.16. The Morgan fingerprint density at radius 1 is 1.46 bits per heavy atom. The van der Waals surface area contributed by atoms with E-state index >= 15 is 0 Å². The summed E-state index contributed by atoms with van der Waals surface area (Å²) in [5, 5.41) is 17.5. The summed E-state index contributed by atoms with van der Waals surface area (Å²) in [5.41, 5.74) is 0. The molecule has 0 unspecified atom stereocenters. The number of hydrogen-bond donors (Lipinski definition) is 1. The van der Waals surface area contributed by atoms with Crippen molar-refractivity contribution in [1.29, 1.82) is 5.26 Å². The van der Waals surface area contributed by atoms with Gasteiger partial charge in [0, 0.05) is 12.5 Å². The molecule has 1 aliphatic rings. The minimum atomic E-state index is 0.270. The maximum absolute atomic E-state index is 9.11. The van der Waals surface area contributed by atoms with Gasteiger partial charge in [-0.2, -0.15) is 5.26 Å². The van der Waals surface area contributed by atoms with Crippen LogP contribution in [0.25, 0.3) is 0 Å². The molecule has 0 spiro atoms. The largest absolute Gasteiger partial charge is 0.395 e. The van der Waals surface area contributed by atoms with E-state index in [0.29, 0.717) is 12.5 Å². The van der Waals surface area contributed by atoms with E-state index in [9.17, 15) is 0 Å². The van der Waals surface area contributed by atoms with Crippen LogP contribution in [-0.2, 0) is 0 Å². The lowest BCUT2D eigenvalue weighted by atomic mass is 10.0. The summed E-state index contributed by atoms with van der Waals surface area (Å²) >= 11 is 0. The van der Waals surface area contributed by atoms with Gasteiger partial charge in [0.2, 0.25) is 0 Å². The van der Waals surface area contributed by atoms with Crippen LogP contribution >= 0.6 is 0 Å². The van der Waals surface area contributed by atoms with Crippen molar-refractivity contribution in [3.8, 4) is 6.07 Å². The molecule has 0 aromatic carbocycles. The highest BCUT2D eigenvalue weighted by Crippen LogP contribution is 2.16. The van der Waals surface area contributed by atoms with Crippen LogP contribution in [0.3, 0.4) is 0 Å². The summed E-state index contributed by atoms with van der Waals surface area (Å²) in [6, 6.07) is 2.51. The molecule has 1 atom stereocenters. The number of unbranched alkanes of at least 4 members (excludes halogenated alkanes) is 1. The molecule has 1 saturated heterocycles. The maximum atomic E-state index is 9.11. The van der Waals surface area contributed by atoms with E-state index in [0.717, 1.165) is 25.9 Å². The molecule has 1 aliphatic heterocycles. The first-order chi connectivity index (χ1) is 6.38. The first-order valence-electron chi connectivity index (χ1n) is 5.10. The van der Waals surface area contributed by atoms with Crippen LogP contribution in [0.5, 0.6) is 0 Å². The molecule has 1 heterocycles. The highest BCUT2D eigenvalue weighted by molar-refractivity contribution is 4.77. The smallest absolute Gasteiger partial charge is 0.0622 e. The maximum Gasteiger partial charge on any atom is 0.0622 e. The van der Waals surface area contributed by atoms with E-state index < -0.39 is 0 Å². The Morgan fingerprint density at radius 3 is 3.00 bits per heavy atom. The quantitative estimate of drug-likeness (QED) is 0.663. The molecule has 0 aromatic heterocycles. The van der Waals surface area contributed by atoms with E-state index in [4.69, 9.17) is 10.4 Å². The molecule has 0 saturated carbocycles. The van der Waals surface area contributed by atoms with Crippen LogP contribution in [0.1, 0.15) is 32.1 Å². The first-order valence-corrected chi connectivity index (χ1v) is 5.10. The van der Waals surface area contributed by atoms with Crippen LogP contribution < -0.4 is 0 Å². The summed E-state index contributed by atoms with van der Waals surface area (Å²) in [4.78, 5) is 2.32. The number of nitrogens with zero attached hydrogens (tertiary/aromatic N) is 2. The predicted molar refractivity (Wildman–Crippen MR) is 51.1 cm³/mol. The Balaban J connectivity index is 2.24. The van der Waals surface area contributed by atoms with Gasteiger partial charge in [-0.25, -0.2) is 0 Å². The monoisotopic (exact) mass is 182 g/mol. The Labute approximate surface area is 80.0 Å². The minimum absolute atomic E-state index is 0.270. The molecule has 0 bridgehead atoms. The summed E-state index contributed by atoms with van der Waals surface area (Å²) in [6.45, 7) is 2.34. The number of rotatable bonds is 4. The van der Waals surface area contributed by atoms with Gasteiger partial charge in [0.25, 0.3) is 0 Å². The molecule has 3 nitrogen and oxygen atoms in total. The second kappa shape index (κ2) is 5.95. The van der Waals surface area contributed by atoms with E-state index in [1.54, 1.807) is 0 Å². The molecular formula is C10H18N2O. The average molecular weight is 182 g/mol. The fourth-order valence-corrected chi connectivity index (χ4v) is 1.92. The summed E-state index contributed by atoms with van der Waals surface area (Å²) in [5.74, 6) is 0. The third-order valence-corrected chi connectivity index (χ3v) is 2.69.